The highest BCUT2D eigenvalue weighted by Crippen LogP contribution is 2.32. The maximum atomic E-state index is 5.47. The van der Waals surface area contributed by atoms with Crippen molar-refractivity contribution in [2.75, 3.05) is 7.11 Å². The minimum atomic E-state index is 0.459. The van der Waals surface area contributed by atoms with Crippen molar-refractivity contribution >= 4 is 0 Å². The van der Waals surface area contributed by atoms with E-state index >= 15 is 0 Å². The number of hydrogen-bond acceptors (Lipinski definition) is 1. The van der Waals surface area contributed by atoms with Crippen molar-refractivity contribution in [2.45, 2.75) is 52.6 Å². The molecule has 0 aromatic carbocycles. The van der Waals surface area contributed by atoms with Crippen LogP contribution in [-0.2, 0) is 4.74 Å². The second kappa shape index (κ2) is 4.80. The lowest BCUT2D eigenvalue weighted by Gasteiger charge is -2.30. The van der Waals surface area contributed by atoms with Crippen molar-refractivity contribution in [1.82, 2.24) is 0 Å². The molecule has 1 unspecified atom stereocenters. The van der Waals surface area contributed by atoms with Crippen LogP contribution < -0.4 is 0 Å². The molecule has 0 N–H and O–H groups in total. The van der Waals surface area contributed by atoms with E-state index in [9.17, 15) is 0 Å². The average Bonchev–Trinajstić information content (AvgIpc) is 2.11. The molecule has 0 heterocycles. The average molecular weight is 182 g/mol. The fraction of sp³-hybridized carbons (Fsp3) is 0.833. The minimum absolute atomic E-state index is 0.459. The molecule has 0 spiro atoms. The molecule has 0 bridgehead atoms. The Bertz CT molecular complexity index is 193. The fourth-order valence-corrected chi connectivity index (χ4v) is 2.27. The Balaban J connectivity index is 2.65. The van der Waals surface area contributed by atoms with E-state index in [1.54, 1.807) is 11.1 Å². The van der Waals surface area contributed by atoms with Crippen LogP contribution in [-0.4, -0.2) is 13.2 Å². The van der Waals surface area contributed by atoms with E-state index in [0.29, 0.717) is 12.0 Å². The van der Waals surface area contributed by atoms with Crippen molar-refractivity contribution in [3.63, 3.8) is 0 Å². The van der Waals surface area contributed by atoms with E-state index < -0.39 is 0 Å². The monoisotopic (exact) mass is 182 g/mol. The van der Waals surface area contributed by atoms with Gasteiger partial charge in [0.05, 0.1) is 6.10 Å². The molecule has 1 nitrogen and oxygen atoms in total. The van der Waals surface area contributed by atoms with Crippen LogP contribution in [0.25, 0.3) is 0 Å². The number of hydrogen-bond donors (Lipinski definition) is 0. The van der Waals surface area contributed by atoms with E-state index in [-0.39, 0.29) is 0 Å². The van der Waals surface area contributed by atoms with Gasteiger partial charge in [-0.25, -0.2) is 0 Å². The zero-order chi connectivity index (χ0) is 9.84. The van der Waals surface area contributed by atoms with Gasteiger partial charge in [0.2, 0.25) is 0 Å². The Morgan fingerprint density at radius 2 is 2.08 bits per heavy atom. The van der Waals surface area contributed by atoms with Crippen LogP contribution in [0.4, 0.5) is 0 Å². The molecular weight excluding hydrogens is 160 g/mol. The zero-order valence-electron chi connectivity index (χ0n) is 9.39. The molecule has 13 heavy (non-hydrogen) atoms. The predicted octanol–water partition coefficient (Wildman–Crippen LogP) is 3.55. The van der Waals surface area contributed by atoms with Crippen molar-refractivity contribution in [1.29, 1.82) is 0 Å². The first kappa shape index (κ1) is 10.8. The van der Waals surface area contributed by atoms with Gasteiger partial charge in [-0.3, -0.25) is 0 Å². The van der Waals surface area contributed by atoms with Crippen molar-refractivity contribution < 1.29 is 4.74 Å². The van der Waals surface area contributed by atoms with Gasteiger partial charge in [0.25, 0.3) is 0 Å². The molecule has 76 valence electrons. The highest BCUT2D eigenvalue weighted by molar-refractivity contribution is 5.17. The van der Waals surface area contributed by atoms with Gasteiger partial charge in [-0.15, -0.1) is 0 Å². The summed E-state index contributed by atoms with van der Waals surface area (Å²) in [7, 11) is 1.83. The highest BCUT2D eigenvalue weighted by Gasteiger charge is 2.24. The van der Waals surface area contributed by atoms with Gasteiger partial charge < -0.3 is 4.74 Å². The van der Waals surface area contributed by atoms with Gasteiger partial charge in [-0.2, -0.15) is 0 Å². The van der Waals surface area contributed by atoms with Gasteiger partial charge in [0.15, 0.2) is 0 Å². The van der Waals surface area contributed by atoms with Crippen molar-refractivity contribution in [2.24, 2.45) is 5.92 Å². The Hall–Kier alpha value is -0.300. The second-order valence-electron chi connectivity index (χ2n) is 4.29. The van der Waals surface area contributed by atoms with Gasteiger partial charge in [0.1, 0.15) is 0 Å². The third kappa shape index (κ3) is 2.57. The van der Waals surface area contributed by atoms with E-state index in [1.165, 1.54) is 19.3 Å². The van der Waals surface area contributed by atoms with Crippen LogP contribution in [0.5, 0.6) is 0 Å². The summed E-state index contributed by atoms with van der Waals surface area (Å²) in [5.74, 6) is 0.704. The minimum Gasteiger partial charge on any atom is -0.381 e. The number of ether oxygens (including phenoxy) is 1. The van der Waals surface area contributed by atoms with Crippen LogP contribution in [0.15, 0.2) is 11.1 Å². The molecule has 1 heteroatoms. The molecule has 0 aliphatic heterocycles. The summed E-state index contributed by atoms with van der Waals surface area (Å²) in [5.41, 5.74) is 3.26. The Morgan fingerprint density at radius 1 is 1.38 bits per heavy atom. The number of allylic oxidation sites excluding steroid dienone is 1. The van der Waals surface area contributed by atoms with Crippen molar-refractivity contribution in [3.05, 3.63) is 11.1 Å². The SMILES string of the molecule is CCCC1=C(C)CC(OC)[C@@H](C)C1. The Morgan fingerprint density at radius 3 is 2.62 bits per heavy atom. The van der Waals surface area contributed by atoms with E-state index in [2.05, 4.69) is 20.8 Å². The molecule has 0 radical (unpaired) electrons. The number of methoxy groups -OCH3 is 1. The van der Waals surface area contributed by atoms with E-state index in [1.807, 2.05) is 7.11 Å². The van der Waals surface area contributed by atoms with Crippen LogP contribution in [0, 0.1) is 5.92 Å². The molecule has 0 aromatic rings. The standard InChI is InChI=1S/C12H22O/c1-5-6-11-7-10(3)12(13-4)8-9(11)2/h10,12H,5-8H2,1-4H3/t10-,12?/m0/s1. The molecule has 1 aliphatic carbocycles. The smallest absolute Gasteiger partial charge is 0.0636 e. The van der Waals surface area contributed by atoms with Gasteiger partial charge in [0, 0.05) is 7.11 Å². The largest absolute Gasteiger partial charge is 0.381 e. The zero-order valence-corrected chi connectivity index (χ0v) is 9.39. The van der Waals surface area contributed by atoms with Crippen LogP contribution in [0.3, 0.4) is 0 Å². The summed E-state index contributed by atoms with van der Waals surface area (Å²) < 4.78 is 5.47. The first-order valence-corrected chi connectivity index (χ1v) is 5.39. The maximum Gasteiger partial charge on any atom is 0.0636 e. The first-order chi connectivity index (χ1) is 6.19. The molecule has 1 rings (SSSR count). The molecule has 0 saturated heterocycles. The summed E-state index contributed by atoms with van der Waals surface area (Å²) in [6.07, 6.45) is 5.41. The Labute approximate surface area is 82.2 Å². The van der Waals surface area contributed by atoms with Crippen LogP contribution in [0.2, 0.25) is 0 Å². The molecule has 1 aliphatic rings. The lowest BCUT2D eigenvalue weighted by atomic mass is 9.81. The lowest BCUT2D eigenvalue weighted by Crippen LogP contribution is -2.25. The molecule has 2 atom stereocenters. The molecule has 0 amide bonds. The first-order valence-electron chi connectivity index (χ1n) is 5.39. The summed E-state index contributed by atoms with van der Waals surface area (Å²) in [5, 5.41) is 0. The maximum absolute atomic E-state index is 5.47. The van der Waals surface area contributed by atoms with Gasteiger partial charge >= 0.3 is 0 Å². The summed E-state index contributed by atoms with van der Waals surface area (Å²) in [6.45, 7) is 6.83. The molecule has 0 aromatic heterocycles. The van der Waals surface area contributed by atoms with Crippen LogP contribution in [0.1, 0.15) is 46.5 Å². The predicted molar refractivity (Wildman–Crippen MR) is 56.8 cm³/mol. The summed E-state index contributed by atoms with van der Waals surface area (Å²) >= 11 is 0. The van der Waals surface area contributed by atoms with Gasteiger partial charge in [-0.05, 0) is 32.1 Å². The Kier molecular flexibility index (Phi) is 3.98. The lowest BCUT2D eigenvalue weighted by molar-refractivity contribution is 0.0528. The summed E-state index contributed by atoms with van der Waals surface area (Å²) in [6, 6.07) is 0. The van der Waals surface area contributed by atoms with Crippen molar-refractivity contribution in [3.8, 4) is 0 Å². The third-order valence-electron chi connectivity index (χ3n) is 3.17. The number of rotatable bonds is 3. The molecular formula is C12H22O. The third-order valence-corrected chi connectivity index (χ3v) is 3.17. The highest BCUT2D eigenvalue weighted by atomic mass is 16.5. The second-order valence-corrected chi connectivity index (χ2v) is 4.29. The van der Waals surface area contributed by atoms with E-state index in [0.717, 1.165) is 6.42 Å². The normalized spacial score (nSPS) is 29.5. The topological polar surface area (TPSA) is 9.23 Å². The molecule has 0 saturated carbocycles. The van der Waals surface area contributed by atoms with E-state index in [4.69, 9.17) is 4.74 Å². The molecule has 0 fully saturated rings. The van der Waals surface area contributed by atoms with Gasteiger partial charge in [-0.1, -0.05) is 31.4 Å². The quantitative estimate of drug-likeness (QED) is 0.606. The van der Waals surface area contributed by atoms with Crippen LogP contribution >= 0.6 is 0 Å². The summed E-state index contributed by atoms with van der Waals surface area (Å²) in [4.78, 5) is 0. The fourth-order valence-electron chi connectivity index (χ4n) is 2.27.